The molecule has 0 atom stereocenters. The van der Waals surface area contributed by atoms with E-state index in [9.17, 15) is 0 Å². The SMILES string of the molecule is CC1=CN=C=NN1. The third kappa shape index (κ3) is 0.876. The van der Waals surface area contributed by atoms with Crippen LogP contribution in [0.15, 0.2) is 22.0 Å². The average molecular weight is 95.1 g/mol. The predicted molar refractivity (Wildman–Crippen MR) is 26.8 cm³/mol. The Morgan fingerprint density at radius 3 is 3.00 bits per heavy atom. The summed E-state index contributed by atoms with van der Waals surface area (Å²) < 4.78 is 0. The van der Waals surface area contributed by atoms with Crippen LogP contribution in [0.5, 0.6) is 0 Å². The van der Waals surface area contributed by atoms with Crippen LogP contribution in [-0.4, -0.2) is 6.01 Å². The van der Waals surface area contributed by atoms with Gasteiger partial charge in [0, 0.05) is 0 Å². The molecule has 0 amide bonds. The molecule has 0 aromatic heterocycles. The lowest BCUT2D eigenvalue weighted by molar-refractivity contribution is 0.876. The van der Waals surface area contributed by atoms with Gasteiger partial charge in [-0.1, -0.05) is 0 Å². The zero-order valence-corrected chi connectivity index (χ0v) is 3.97. The second-order valence-corrected chi connectivity index (χ2v) is 1.26. The molecule has 1 aliphatic heterocycles. The maximum Gasteiger partial charge on any atom is 0.120 e. The average Bonchev–Trinajstić information content (AvgIpc) is 1.69. The van der Waals surface area contributed by atoms with E-state index < -0.39 is 0 Å². The standard InChI is InChI=1S/C4H5N3/c1-4-2-5-3-6-7-4/h2,7H,1H3. The van der Waals surface area contributed by atoms with Crippen LogP contribution in [0.2, 0.25) is 0 Å². The fraction of sp³-hybridized carbons (Fsp3) is 0.250. The summed E-state index contributed by atoms with van der Waals surface area (Å²) in [7, 11) is 0. The van der Waals surface area contributed by atoms with Gasteiger partial charge >= 0.3 is 0 Å². The molecule has 0 unspecified atom stereocenters. The summed E-state index contributed by atoms with van der Waals surface area (Å²) in [5.41, 5.74) is 3.61. The minimum atomic E-state index is 0.943. The van der Waals surface area contributed by atoms with Crippen molar-refractivity contribution >= 4 is 6.01 Å². The molecule has 0 radical (unpaired) electrons. The van der Waals surface area contributed by atoms with Gasteiger partial charge in [0.15, 0.2) is 0 Å². The van der Waals surface area contributed by atoms with Crippen LogP contribution < -0.4 is 5.43 Å². The number of rotatable bonds is 0. The van der Waals surface area contributed by atoms with E-state index in [0.29, 0.717) is 0 Å². The molecule has 0 saturated heterocycles. The Morgan fingerprint density at radius 2 is 2.71 bits per heavy atom. The van der Waals surface area contributed by atoms with Crippen molar-refractivity contribution in [2.75, 3.05) is 0 Å². The molecule has 3 heteroatoms. The molecule has 1 heterocycles. The van der Waals surface area contributed by atoms with Crippen LogP contribution in [0.3, 0.4) is 0 Å². The lowest BCUT2D eigenvalue weighted by Crippen LogP contribution is -2.01. The first-order chi connectivity index (χ1) is 3.39. The van der Waals surface area contributed by atoms with Crippen molar-refractivity contribution in [2.45, 2.75) is 6.92 Å². The predicted octanol–water partition coefficient (Wildman–Crippen LogP) is 0.540. The summed E-state index contributed by atoms with van der Waals surface area (Å²) in [5.74, 6) is 0. The van der Waals surface area contributed by atoms with Gasteiger partial charge in [0.1, 0.15) is 6.01 Å². The van der Waals surface area contributed by atoms with Crippen LogP contribution in [0, 0.1) is 0 Å². The largest absolute Gasteiger partial charge is 0.272 e. The maximum atomic E-state index is 3.62. The van der Waals surface area contributed by atoms with Crippen molar-refractivity contribution in [3.63, 3.8) is 0 Å². The van der Waals surface area contributed by atoms with Crippen molar-refractivity contribution in [3.8, 4) is 0 Å². The molecule has 36 valence electrons. The quantitative estimate of drug-likeness (QED) is 0.468. The van der Waals surface area contributed by atoms with Crippen LogP contribution >= 0.6 is 0 Å². The van der Waals surface area contributed by atoms with Gasteiger partial charge in [0.25, 0.3) is 0 Å². The number of hydrazone groups is 1. The highest BCUT2D eigenvalue weighted by atomic mass is 15.3. The third-order valence-corrected chi connectivity index (χ3v) is 0.598. The van der Waals surface area contributed by atoms with E-state index in [4.69, 9.17) is 0 Å². The van der Waals surface area contributed by atoms with E-state index in [-0.39, 0.29) is 0 Å². The Morgan fingerprint density at radius 1 is 1.86 bits per heavy atom. The van der Waals surface area contributed by atoms with E-state index in [1.165, 1.54) is 0 Å². The molecule has 3 nitrogen and oxygen atoms in total. The second-order valence-electron chi connectivity index (χ2n) is 1.26. The van der Waals surface area contributed by atoms with Crippen molar-refractivity contribution < 1.29 is 0 Å². The first-order valence-corrected chi connectivity index (χ1v) is 1.97. The monoisotopic (exact) mass is 95.0 g/mol. The highest BCUT2D eigenvalue weighted by molar-refractivity contribution is 5.43. The lowest BCUT2D eigenvalue weighted by atomic mass is 10.6. The normalized spacial score (nSPS) is 15.9. The fourth-order valence-corrected chi connectivity index (χ4v) is 0.297. The van der Waals surface area contributed by atoms with Gasteiger partial charge in [-0.15, -0.1) is 5.10 Å². The number of hydrogen-bond donors (Lipinski definition) is 1. The summed E-state index contributed by atoms with van der Waals surface area (Å²) in [4.78, 5) is 3.62. The molecule has 0 bridgehead atoms. The minimum absolute atomic E-state index is 0.943. The minimum Gasteiger partial charge on any atom is -0.272 e. The van der Waals surface area contributed by atoms with Crippen molar-refractivity contribution in [2.24, 2.45) is 10.1 Å². The lowest BCUT2D eigenvalue weighted by Gasteiger charge is -1.94. The van der Waals surface area contributed by atoms with Crippen LogP contribution in [-0.2, 0) is 0 Å². The van der Waals surface area contributed by atoms with Crippen molar-refractivity contribution in [1.82, 2.24) is 5.43 Å². The Labute approximate surface area is 41.4 Å². The number of nitrogens with one attached hydrogen (secondary N) is 1. The molecule has 1 N–H and O–H groups in total. The number of allylic oxidation sites excluding steroid dienone is 1. The van der Waals surface area contributed by atoms with Gasteiger partial charge < -0.3 is 0 Å². The van der Waals surface area contributed by atoms with Gasteiger partial charge in [-0.3, -0.25) is 5.43 Å². The molecule has 0 saturated carbocycles. The summed E-state index contributed by atoms with van der Waals surface area (Å²) in [6.45, 7) is 1.88. The molecule has 0 aliphatic carbocycles. The zero-order valence-electron chi connectivity index (χ0n) is 3.97. The first-order valence-electron chi connectivity index (χ1n) is 1.97. The molecule has 1 rings (SSSR count). The highest BCUT2D eigenvalue weighted by Gasteiger charge is 1.82. The highest BCUT2D eigenvalue weighted by Crippen LogP contribution is 1.87. The molecule has 0 aromatic rings. The molecule has 1 aliphatic rings. The number of hydrogen-bond acceptors (Lipinski definition) is 3. The van der Waals surface area contributed by atoms with Crippen molar-refractivity contribution in [1.29, 1.82) is 0 Å². The van der Waals surface area contributed by atoms with E-state index >= 15 is 0 Å². The van der Waals surface area contributed by atoms with E-state index in [0.717, 1.165) is 5.70 Å². The molecule has 0 fully saturated rings. The zero-order chi connectivity index (χ0) is 5.11. The maximum absolute atomic E-state index is 3.62. The van der Waals surface area contributed by atoms with Crippen molar-refractivity contribution in [3.05, 3.63) is 11.9 Å². The fourth-order valence-electron chi connectivity index (χ4n) is 0.297. The second kappa shape index (κ2) is 1.58. The van der Waals surface area contributed by atoms with Crippen LogP contribution in [0.25, 0.3) is 0 Å². The Bertz CT molecular complexity index is 150. The summed E-state index contributed by atoms with van der Waals surface area (Å²) in [5, 5.41) is 3.52. The van der Waals surface area contributed by atoms with Gasteiger partial charge in [0.05, 0.1) is 11.9 Å². The summed E-state index contributed by atoms with van der Waals surface area (Å²) in [6, 6.07) is 2.38. The van der Waals surface area contributed by atoms with E-state index in [1.807, 2.05) is 6.92 Å². The Kier molecular flexibility index (Phi) is 0.922. The van der Waals surface area contributed by atoms with Crippen LogP contribution in [0.4, 0.5) is 0 Å². The molecule has 0 spiro atoms. The Balaban J connectivity index is 2.77. The van der Waals surface area contributed by atoms with Gasteiger partial charge in [-0.25, -0.2) is 0 Å². The Hall–Kier alpha value is -1.08. The first kappa shape index (κ1) is 4.09. The molecular weight excluding hydrogens is 90.1 g/mol. The molecule has 7 heavy (non-hydrogen) atoms. The van der Waals surface area contributed by atoms with Crippen LogP contribution in [0.1, 0.15) is 6.92 Å². The smallest absolute Gasteiger partial charge is 0.120 e. The van der Waals surface area contributed by atoms with Gasteiger partial charge in [-0.2, -0.15) is 4.99 Å². The van der Waals surface area contributed by atoms with E-state index in [1.54, 1.807) is 6.20 Å². The number of aliphatic imine (C=N–C) groups is 1. The third-order valence-electron chi connectivity index (χ3n) is 0.598. The van der Waals surface area contributed by atoms with E-state index in [2.05, 4.69) is 21.5 Å². The topological polar surface area (TPSA) is 36.8 Å². The number of nitrogens with zero attached hydrogens (tertiary/aromatic N) is 2. The van der Waals surface area contributed by atoms with Gasteiger partial charge in [0.2, 0.25) is 0 Å². The molecule has 0 aromatic carbocycles. The summed E-state index contributed by atoms with van der Waals surface area (Å²) >= 11 is 0. The van der Waals surface area contributed by atoms with Gasteiger partial charge in [-0.05, 0) is 6.92 Å². The molecular formula is C4H5N3. The summed E-state index contributed by atoms with van der Waals surface area (Å²) in [6.07, 6.45) is 1.66.